The number of rotatable bonds is 6. The van der Waals surface area contributed by atoms with Crippen LogP contribution in [0.15, 0.2) is 42.5 Å². The molecule has 1 saturated heterocycles. The monoisotopic (exact) mass is 428 g/mol. The molecule has 2 fully saturated rings. The second-order valence-electron chi connectivity index (χ2n) is 8.99. The number of aliphatic hydroxyl groups is 1. The third-order valence-corrected chi connectivity index (χ3v) is 7.01. The molecule has 1 heterocycles. The van der Waals surface area contributed by atoms with Gasteiger partial charge in [0.2, 0.25) is 0 Å². The van der Waals surface area contributed by atoms with Gasteiger partial charge in [0.05, 0.1) is 18.3 Å². The Hall–Kier alpha value is -1.55. The molecule has 2 aromatic carbocycles. The van der Waals surface area contributed by atoms with Gasteiger partial charge in [-0.1, -0.05) is 49.7 Å². The predicted molar refractivity (Wildman–Crippen MR) is 121 cm³/mol. The van der Waals surface area contributed by atoms with Crippen molar-refractivity contribution >= 4 is 11.6 Å². The largest absolute Gasteiger partial charge is 0.490 e. The highest BCUT2D eigenvalue weighted by atomic mass is 35.5. The minimum Gasteiger partial charge on any atom is -0.490 e. The van der Waals surface area contributed by atoms with Crippen molar-refractivity contribution in [2.45, 2.75) is 83.2 Å². The molecule has 4 heteroatoms. The molecule has 1 aliphatic carbocycles. The van der Waals surface area contributed by atoms with Crippen LogP contribution in [0, 0.1) is 5.92 Å². The fourth-order valence-corrected chi connectivity index (χ4v) is 4.93. The van der Waals surface area contributed by atoms with Crippen LogP contribution in [0.25, 0.3) is 0 Å². The van der Waals surface area contributed by atoms with Gasteiger partial charge in [-0.25, -0.2) is 0 Å². The van der Waals surface area contributed by atoms with E-state index in [0.717, 1.165) is 54.0 Å². The maximum absolute atomic E-state index is 10.7. The summed E-state index contributed by atoms with van der Waals surface area (Å²) in [6.07, 6.45) is 7.26. The molecule has 4 rings (SSSR count). The fourth-order valence-electron chi connectivity index (χ4n) is 4.75. The third kappa shape index (κ3) is 5.01. The van der Waals surface area contributed by atoms with Crippen LogP contribution in [-0.4, -0.2) is 23.4 Å². The van der Waals surface area contributed by atoms with Crippen LogP contribution >= 0.6 is 11.6 Å². The lowest BCUT2D eigenvalue weighted by molar-refractivity contribution is -0.144. The highest BCUT2D eigenvalue weighted by Gasteiger charge is 2.35. The number of aliphatic hydroxyl groups excluding tert-OH is 1. The molecule has 0 bridgehead atoms. The molecule has 3 nitrogen and oxygen atoms in total. The van der Waals surface area contributed by atoms with E-state index in [0.29, 0.717) is 6.10 Å². The van der Waals surface area contributed by atoms with Crippen LogP contribution in [0.3, 0.4) is 0 Å². The molecule has 1 N–H and O–H groups in total. The smallest absolute Gasteiger partial charge is 0.119 e. The van der Waals surface area contributed by atoms with Gasteiger partial charge in [-0.3, -0.25) is 0 Å². The van der Waals surface area contributed by atoms with E-state index in [1.54, 1.807) is 0 Å². The Morgan fingerprint density at radius 3 is 2.53 bits per heavy atom. The van der Waals surface area contributed by atoms with E-state index in [9.17, 15) is 5.11 Å². The van der Waals surface area contributed by atoms with E-state index < -0.39 is 6.10 Å². The minimum atomic E-state index is -0.492. The van der Waals surface area contributed by atoms with Gasteiger partial charge in [0.25, 0.3) is 0 Å². The van der Waals surface area contributed by atoms with Gasteiger partial charge in [0.1, 0.15) is 11.9 Å². The summed E-state index contributed by atoms with van der Waals surface area (Å²) in [5.41, 5.74) is 3.26. The van der Waals surface area contributed by atoms with Gasteiger partial charge in [0, 0.05) is 5.02 Å². The van der Waals surface area contributed by atoms with Crippen molar-refractivity contribution in [3.63, 3.8) is 0 Å². The number of hydrogen-bond acceptors (Lipinski definition) is 3. The summed E-state index contributed by atoms with van der Waals surface area (Å²) in [4.78, 5) is 0. The van der Waals surface area contributed by atoms with E-state index >= 15 is 0 Å². The van der Waals surface area contributed by atoms with Gasteiger partial charge in [-0.2, -0.15) is 0 Å². The topological polar surface area (TPSA) is 38.7 Å². The van der Waals surface area contributed by atoms with Gasteiger partial charge in [0.15, 0.2) is 0 Å². The van der Waals surface area contributed by atoms with Crippen molar-refractivity contribution in [3.8, 4) is 5.75 Å². The van der Waals surface area contributed by atoms with Gasteiger partial charge >= 0.3 is 0 Å². The van der Waals surface area contributed by atoms with E-state index in [4.69, 9.17) is 21.1 Å². The molecule has 0 aromatic heterocycles. The number of ether oxygens (including phenoxy) is 2. The Bertz CT molecular complexity index is 829. The minimum absolute atomic E-state index is 0.194. The first-order valence-corrected chi connectivity index (χ1v) is 11.8. The lowest BCUT2D eigenvalue weighted by Gasteiger charge is -2.38. The summed E-state index contributed by atoms with van der Waals surface area (Å²) in [6, 6.07) is 14.4. The molecule has 162 valence electrons. The van der Waals surface area contributed by atoms with Crippen molar-refractivity contribution in [1.29, 1.82) is 0 Å². The van der Waals surface area contributed by atoms with Crippen molar-refractivity contribution < 1.29 is 14.6 Å². The Balaban J connectivity index is 1.48. The SMILES string of the molecule is CCC1CC(C)C(O)C(c2ccc(Cl)c(Cc3ccc(OC4CCCC4)cc3)c2)O1. The first-order valence-electron chi connectivity index (χ1n) is 11.4. The van der Waals surface area contributed by atoms with E-state index in [1.165, 1.54) is 18.4 Å². The molecule has 0 amide bonds. The normalized spacial score (nSPS) is 27.3. The maximum atomic E-state index is 10.7. The third-order valence-electron chi connectivity index (χ3n) is 6.64. The molecule has 2 aromatic rings. The fraction of sp³-hybridized carbons (Fsp3) is 0.538. The van der Waals surface area contributed by atoms with Crippen LogP contribution in [0.5, 0.6) is 5.75 Å². The zero-order valence-electron chi connectivity index (χ0n) is 18.0. The molecule has 4 atom stereocenters. The van der Waals surface area contributed by atoms with Crippen molar-refractivity contribution in [2.75, 3.05) is 0 Å². The number of halogens is 1. The molecular weight excluding hydrogens is 396 g/mol. The summed E-state index contributed by atoms with van der Waals surface area (Å²) >= 11 is 6.52. The van der Waals surface area contributed by atoms with Crippen LogP contribution in [0.1, 0.15) is 75.2 Å². The summed E-state index contributed by atoms with van der Waals surface area (Å²) < 4.78 is 12.3. The first-order chi connectivity index (χ1) is 14.5. The Morgan fingerprint density at radius 2 is 1.83 bits per heavy atom. The zero-order chi connectivity index (χ0) is 21.1. The molecule has 2 aliphatic rings. The quantitative estimate of drug-likeness (QED) is 0.571. The summed E-state index contributed by atoms with van der Waals surface area (Å²) in [5, 5.41) is 11.5. The summed E-state index contributed by atoms with van der Waals surface area (Å²) in [5.74, 6) is 1.17. The van der Waals surface area contributed by atoms with Gasteiger partial charge in [-0.15, -0.1) is 0 Å². The lowest BCUT2D eigenvalue weighted by Crippen LogP contribution is -2.38. The molecule has 0 radical (unpaired) electrons. The predicted octanol–water partition coefficient (Wildman–Crippen LogP) is 6.49. The van der Waals surface area contributed by atoms with Crippen molar-refractivity contribution in [2.24, 2.45) is 5.92 Å². The lowest BCUT2D eigenvalue weighted by atomic mass is 9.86. The highest BCUT2D eigenvalue weighted by molar-refractivity contribution is 6.31. The van der Waals surface area contributed by atoms with Gasteiger partial charge < -0.3 is 14.6 Å². The summed E-state index contributed by atoms with van der Waals surface area (Å²) in [6.45, 7) is 4.24. The van der Waals surface area contributed by atoms with E-state index in [-0.39, 0.29) is 18.1 Å². The van der Waals surface area contributed by atoms with Crippen LogP contribution in [0.2, 0.25) is 5.02 Å². The molecule has 30 heavy (non-hydrogen) atoms. The Morgan fingerprint density at radius 1 is 1.10 bits per heavy atom. The standard InChI is InChI=1S/C26H33ClO3/c1-3-21-14-17(2)25(28)26(30-21)19-10-13-24(27)20(16-19)15-18-8-11-23(12-9-18)29-22-6-4-5-7-22/h8-13,16-17,21-22,25-26,28H,3-7,14-15H2,1-2H3. The number of hydrogen-bond donors (Lipinski definition) is 1. The second-order valence-corrected chi connectivity index (χ2v) is 9.39. The average molecular weight is 429 g/mol. The van der Waals surface area contributed by atoms with Crippen molar-refractivity contribution in [3.05, 3.63) is 64.2 Å². The summed E-state index contributed by atoms with van der Waals surface area (Å²) in [7, 11) is 0. The Labute approximate surface area is 185 Å². The Kier molecular flexibility index (Phi) is 7.02. The van der Waals surface area contributed by atoms with Crippen molar-refractivity contribution in [1.82, 2.24) is 0 Å². The molecule has 0 spiro atoms. The second kappa shape index (κ2) is 9.72. The highest BCUT2D eigenvalue weighted by Crippen LogP contribution is 2.37. The van der Waals surface area contributed by atoms with Crippen LogP contribution < -0.4 is 4.74 Å². The van der Waals surface area contributed by atoms with E-state index in [1.807, 2.05) is 12.1 Å². The molecule has 1 aliphatic heterocycles. The molecule has 1 saturated carbocycles. The van der Waals surface area contributed by atoms with Gasteiger partial charge in [-0.05, 0) is 85.8 Å². The molecular formula is C26H33ClO3. The molecule has 4 unspecified atom stereocenters. The first kappa shape index (κ1) is 21.7. The van der Waals surface area contributed by atoms with Crippen LogP contribution in [-0.2, 0) is 11.2 Å². The maximum Gasteiger partial charge on any atom is 0.119 e. The van der Waals surface area contributed by atoms with Crippen LogP contribution in [0.4, 0.5) is 0 Å². The van der Waals surface area contributed by atoms with E-state index in [2.05, 4.69) is 44.2 Å². The average Bonchev–Trinajstić information content (AvgIpc) is 3.26. The number of benzene rings is 2. The zero-order valence-corrected chi connectivity index (χ0v) is 18.8.